The zero-order valence-electron chi connectivity index (χ0n) is 9.02. The fourth-order valence-electron chi connectivity index (χ4n) is 1.27. The number of likely N-dealkylation sites (N-methyl/N-ethyl adjacent to an activating group) is 1. The molecule has 1 aromatic rings. The predicted molar refractivity (Wildman–Crippen MR) is 66.7 cm³/mol. The van der Waals surface area contributed by atoms with E-state index < -0.39 is 0 Å². The van der Waals surface area contributed by atoms with E-state index in [0.717, 1.165) is 28.9 Å². The van der Waals surface area contributed by atoms with Crippen molar-refractivity contribution in [1.29, 1.82) is 0 Å². The molecule has 15 heavy (non-hydrogen) atoms. The van der Waals surface area contributed by atoms with Crippen LogP contribution in [0.4, 0.5) is 0 Å². The lowest BCUT2D eigenvalue weighted by Crippen LogP contribution is -2.84. The first-order chi connectivity index (χ1) is 7.15. The maximum Gasteiger partial charge on any atom is 0.152 e. The molecule has 0 heterocycles. The van der Waals surface area contributed by atoms with Gasteiger partial charge in [-0.2, -0.15) is 0 Å². The first kappa shape index (κ1) is 12.8. The number of nitrogens with two attached hydrogens (primary N) is 1. The molecule has 2 nitrogen and oxygen atoms in total. The van der Waals surface area contributed by atoms with Crippen LogP contribution in [0.15, 0.2) is 16.6 Å². The summed E-state index contributed by atoms with van der Waals surface area (Å²) in [5, 5.41) is 2.86. The van der Waals surface area contributed by atoms with Crippen LogP contribution in [-0.2, 0) is 0 Å². The van der Waals surface area contributed by atoms with Crippen LogP contribution >= 0.6 is 27.5 Å². The third-order valence-corrected chi connectivity index (χ3v) is 2.87. The lowest BCUT2D eigenvalue weighted by Gasteiger charge is -2.10. The van der Waals surface area contributed by atoms with E-state index in [1.807, 2.05) is 19.1 Å². The number of quaternary nitrogens is 1. The zero-order chi connectivity index (χ0) is 11.3. The van der Waals surface area contributed by atoms with E-state index in [-0.39, 0.29) is 0 Å². The van der Waals surface area contributed by atoms with E-state index in [1.165, 1.54) is 0 Å². The molecule has 0 radical (unpaired) electrons. The van der Waals surface area contributed by atoms with E-state index >= 15 is 0 Å². The second-order valence-corrected chi connectivity index (χ2v) is 4.65. The van der Waals surface area contributed by atoms with Crippen LogP contribution < -0.4 is 10.1 Å². The number of hydrogen-bond donors (Lipinski definition) is 1. The maximum absolute atomic E-state index is 6.08. The first-order valence-electron chi connectivity index (χ1n) is 5.05. The van der Waals surface area contributed by atoms with Crippen molar-refractivity contribution in [2.75, 3.05) is 19.7 Å². The Kier molecular flexibility index (Phi) is 5.43. The minimum absolute atomic E-state index is 0.665. The molecule has 0 aliphatic rings. The minimum atomic E-state index is 0.665. The van der Waals surface area contributed by atoms with Crippen LogP contribution in [0.3, 0.4) is 0 Å². The number of benzene rings is 1. The molecule has 2 N–H and O–H groups in total. The Bertz CT molecular complexity index is 307. The van der Waals surface area contributed by atoms with Crippen molar-refractivity contribution in [3.05, 3.63) is 27.2 Å². The van der Waals surface area contributed by atoms with Crippen LogP contribution in [0.1, 0.15) is 12.5 Å². The van der Waals surface area contributed by atoms with Crippen molar-refractivity contribution in [1.82, 2.24) is 0 Å². The molecule has 84 valence electrons. The van der Waals surface area contributed by atoms with Crippen molar-refractivity contribution < 1.29 is 10.1 Å². The molecular weight excluding hydrogens is 277 g/mol. The highest BCUT2D eigenvalue weighted by Gasteiger charge is 2.07. The quantitative estimate of drug-likeness (QED) is 0.829. The van der Waals surface area contributed by atoms with E-state index in [2.05, 4.69) is 28.2 Å². The molecule has 1 rings (SSSR count). The van der Waals surface area contributed by atoms with Crippen molar-refractivity contribution >= 4 is 27.5 Å². The SMILES string of the molecule is CC[NH2+]CCOc1c(Cl)cc(C)cc1Br. The Morgan fingerprint density at radius 3 is 2.80 bits per heavy atom. The van der Waals surface area contributed by atoms with Gasteiger partial charge in [0.1, 0.15) is 13.2 Å². The second kappa shape index (κ2) is 6.36. The summed E-state index contributed by atoms with van der Waals surface area (Å²) < 4.78 is 6.53. The average molecular weight is 294 g/mol. The molecule has 0 saturated heterocycles. The minimum Gasteiger partial charge on any atom is -0.485 e. The average Bonchev–Trinajstić information content (AvgIpc) is 2.15. The third-order valence-electron chi connectivity index (χ3n) is 2.00. The van der Waals surface area contributed by atoms with Crippen molar-refractivity contribution in [3.8, 4) is 5.75 Å². The van der Waals surface area contributed by atoms with E-state index in [0.29, 0.717) is 11.6 Å². The second-order valence-electron chi connectivity index (χ2n) is 3.39. The van der Waals surface area contributed by atoms with E-state index in [9.17, 15) is 0 Å². The van der Waals surface area contributed by atoms with Gasteiger partial charge in [-0.15, -0.1) is 0 Å². The largest absolute Gasteiger partial charge is 0.485 e. The van der Waals surface area contributed by atoms with Gasteiger partial charge in [0.2, 0.25) is 0 Å². The summed E-state index contributed by atoms with van der Waals surface area (Å²) >= 11 is 9.53. The van der Waals surface area contributed by atoms with Crippen LogP contribution in [0.5, 0.6) is 5.75 Å². The fourth-order valence-corrected chi connectivity index (χ4v) is 2.40. The van der Waals surface area contributed by atoms with E-state index in [1.54, 1.807) is 0 Å². The number of hydrogen-bond acceptors (Lipinski definition) is 1. The summed E-state index contributed by atoms with van der Waals surface area (Å²) in [6.07, 6.45) is 0. The molecule has 0 aromatic heterocycles. The Morgan fingerprint density at radius 2 is 2.20 bits per heavy atom. The number of ether oxygens (including phenoxy) is 1. The molecule has 0 atom stereocenters. The van der Waals surface area contributed by atoms with Crippen LogP contribution in [0.2, 0.25) is 5.02 Å². The molecule has 4 heteroatoms. The highest BCUT2D eigenvalue weighted by atomic mass is 79.9. The third kappa shape index (κ3) is 4.01. The Morgan fingerprint density at radius 1 is 1.47 bits per heavy atom. The van der Waals surface area contributed by atoms with Crippen molar-refractivity contribution in [2.24, 2.45) is 0 Å². The molecule has 0 unspecified atom stereocenters. The number of halogens is 2. The molecule has 0 bridgehead atoms. The molecule has 0 saturated carbocycles. The van der Waals surface area contributed by atoms with Gasteiger partial charge < -0.3 is 10.1 Å². The molecule has 0 amide bonds. The lowest BCUT2D eigenvalue weighted by molar-refractivity contribution is -0.652. The summed E-state index contributed by atoms with van der Waals surface area (Å²) in [5.74, 6) is 0.742. The normalized spacial score (nSPS) is 10.4. The standard InChI is InChI=1S/C11H15BrClNO/c1-3-14-4-5-15-11-9(12)6-8(2)7-10(11)13/h6-7,14H,3-5H2,1-2H3/p+1. The molecule has 1 aromatic carbocycles. The van der Waals surface area contributed by atoms with Crippen molar-refractivity contribution in [3.63, 3.8) is 0 Å². The smallest absolute Gasteiger partial charge is 0.152 e. The topological polar surface area (TPSA) is 25.8 Å². The zero-order valence-corrected chi connectivity index (χ0v) is 11.4. The van der Waals surface area contributed by atoms with Crippen LogP contribution in [0.25, 0.3) is 0 Å². The summed E-state index contributed by atoms with van der Waals surface area (Å²) in [7, 11) is 0. The fraction of sp³-hybridized carbons (Fsp3) is 0.455. The van der Waals surface area contributed by atoms with Crippen molar-refractivity contribution in [2.45, 2.75) is 13.8 Å². The molecule has 0 spiro atoms. The summed E-state index contributed by atoms with van der Waals surface area (Å²) in [6, 6.07) is 3.91. The predicted octanol–water partition coefficient (Wildman–Crippen LogP) is 2.37. The maximum atomic E-state index is 6.08. The van der Waals surface area contributed by atoms with Gasteiger partial charge >= 0.3 is 0 Å². The van der Waals surface area contributed by atoms with Gasteiger partial charge in [0.05, 0.1) is 16.0 Å². The van der Waals surface area contributed by atoms with Crippen LogP contribution in [0, 0.1) is 6.92 Å². The summed E-state index contributed by atoms with van der Waals surface area (Å²) in [5.41, 5.74) is 1.12. The van der Waals surface area contributed by atoms with Gasteiger partial charge in [-0.1, -0.05) is 11.6 Å². The Hall–Kier alpha value is -0.250. The van der Waals surface area contributed by atoms with E-state index in [4.69, 9.17) is 16.3 Å². The molecule has 0 aliphatic carbocycles. The van der Waals surface area contributed by atoms with Gasteiger partial charge in [-0.3, -0.25) is 0 Å². The highest BCUT2D eigenvalue weighted by Crippen LogP contribution is 2.34. The number of aryl methyl sites for hydroxylation is 1. The van der Waals surface area contributed by atoms with Gasteiger partial charge in [0.25, 0.3) is 0 Å². The Labute approximate surface area is 104 Å². The summed E-state index contributed by atoms with van der Waals surface area (Å²) in [6.45, 7) is 6.83. The summed E-state index contributed by atoms with van der Waals surface area (Å²) in [4.78, 5) is 0. The first-order valence-corrected chi connectivity index (χ1v) is 6.22. The highest BCUT2D eigenvalue weighted by molar-refractivity contribution is 9.10. The monoisotopic (exact) mass is 292 g/mol. The van der Waals surface area contributed by atoms with Gasteiger partial charge in [-0.05, 0) is 47.5 Å². The van der Waals surface area contributed by atoms with Gasteiger partial charge in [0.15, 0.2) is 5.75 Å². The molecule has 0 fully saturated rings. The molecule has 0 aliphatic heterocycles. The van der Waals surface area contributed by atoms with Crippen LogP contribution in [-0.4, -0.2) is 19.7 Å². The number of rotatable bonds is 5. The Balaban J connectivity index is 2.60. The molecular formula is C11H16BrClNO+. The van der Waals surface area contributed by atoms with Gasteiger partial charge in [-0.25, -0.2) is 0 Å². The lowest BCUT2D eigenvalue weighted by atomic mass is 10.2. The van der Waals surface area contributed by atoms with Gasteiger partial charge in [0, 0.05) is 0 Å².